The van der Waals surface area contributed by atoms with E-state index < -0.39 is 0 Å². The van der Waals surface area contributed by atoms with Crippen molar-refractivity contribution in [3.05, 3.63) is 29.3 Å². The third kappa shape index (κ3) is 2.77. The molecule has 3 rings (SSSR count). The van der Waals surface area contributed by atoms with Gasteiger partial charge in [0.05, 0.1) is 10.6 Å². The molecule has 2 heterocycles. The number of carbonyl (C=O) groups excluding carboxylic acids is 1. The van der Waals surface area contributed by atoms with Crippen LogP contribution >= 0.6 is 11.3 Å². The number of nitrogens with one attached hydrogen (secondary N) is 2. The van der Waals surface area contributed by atoms with Crippen LogP contribution < -0.4 is 5.32 Å². The van der Waals surface area contributed by atoms with E-state index in [0.717, 1.165) is 17.0 Å². The molecule has 0 aliphatic heterocycles. The number of thiophene rings is 1. The van der Waals surface area contributed by atoms with E-state index in [1.807, 2.05) is 23.6 Å². The maximum absolute atomic E-state index is 12.3. The van der Waals surface area contributed by atoms with E-state index in [9.17, 15) is 4.79 Å². The molecule has 2 aromatic heterocycles. The molecule has 106 valence electrons. The number of H-pyrrole nitrogens is 1. The molecule has 0 bridgehead atoms. The first kappa shape index (κ1) is 13.4. The van der Waals surface area contributed by atoms with Crippen molar-refractivity contribution in [1.29, 1.82) is 0 Å². The second-order valence-corrected chi connectivity index (χ2v) is 6.43. The second kappa shape index (κ2) is 5.79. The van der Waals surface area contributed by atoms with Crippen molar-refractivity contribution in [3.8, 4) is 10.6 Å². The summed E-state index contributed by atoms with van der Waals surface area (Å²) in [5, 5.41) is 12.2. The number of carbonyl (C=O) groups is 1. The van der Waals surface area contributed by atoms with Crippen LogP contribution in [0.2, 0.25) is 0 Å². The van der Waals surface area contributed by atoms with Crippen LogP contribution in [-0.2, 0) is 0 Å². The Hall–Kier alpha value is -1.62. The van der Waals surface area contributed by atoms with E-state index in [-0.39, 0.29) is 11.9 Å². The zero-order chi connectivity index (χ0) is 13.9. The minimum Gasteiger partial charge on any atom is -0.348 e. The normalized spacial score (nSPS) is 22.6. The van der Waals surface area contributed by atoms with Crippen LogP contribution in [-0.4, -0.2) is 22.1 Å². The lowest BCUT2D eigenvalue weighted by molar-refractivity contribution is 0.0905. The fraction of sp³-hybridized carbons (Fsp3) is 0.467. The van der Waals surface area contributed by atoms with Crippen molar-refractivity contribution in [3.63, 3.8) is 0 Å². The molecule has 1 amide bonds. The minimum atomic E-state index is -0.0668. The van der Waals surface area contributed by atoms with Gasteiger partial charge in [0.2, 0.25) is 0 Å². The van der Waals surface area contributed by atoms with Gasteiger partial charge in [-0.25, -0.2) is 0 Å². The third-order valence-electron chi connectivity index (χ3n) is 4.03. The van der Waals surface area contributed by atoms with Gasteiger partial charge < -0.3 is 5.32 Å². The Labute approximate surface area is 122 Å². The summed E-state index contributed by atoms with van der Waals surface area (Å²) in [5.74, 6) is 0.492. The van der Waals surface area contributed by atoms with Crippen LogP contribution in [0.5, 0.6) is 0 Å². The maximum Gasteiger partial charge on any atom is 0.272 e. The summed E-state index contributed by atoms with van der Waals surface area (Å²) in [6.45, 7) is 2.21. The average Bonchev–Trinajstić information content (AvgIpc) is 3.11. The second-order valence-electron chi connectivity index (χ2n) is 5.49. The molecule has 5 heteroatoms. The molecule has 1 aliphatic rings. The lowest BCUT2D eigenvalue weighted by Gasteiger charge is -2.29. The molecule has 4 nitrogen and oxygen atoms in total. The van der Waals surface area contributed by atoms with Crippen molar-refractivity contribution in [2.45, 2.75) is 38.6 Å². The maximum atomic E-state index is 12.3. The van der Waals surface area contributed by atoms with E-state index in [0.29, 0.717) is 11.6 Å². The smallest absolute Gasteiger partial charge is 0.272 e. The number of aromatic amines is 1. The molecule has 0 radical (unpaired) electrons. The molecule has 0 aromatic carbocycles. The summed E-state index contributed by atoms with van der Waals surface area (Å²) < 4.78 is 0. The molecule has 2 aromatic rings. The Kier molecular flexibility index (Phi) is 3.87. The number of amides is 1. The van der Waals surface area contributed by atoms with Gasteiger partial charge >= 0.3 is 0 Å². The summed E-state index contributed by atoms with van der Waals surface area (Å²) in [6.07, 6.45) is 4.76. The van der Waals surface area contributed by atoms with Crippen molar-refractivity contribution >= 4 is 17.2 Å². The summed E-state index contributed by atoms with van der Waals surface area (Å²) in [4.78, 5) is 13.4. The molecule has 0 saturated heterocycles. The van der Waals surface area contributed by atoms with Gasteiger partial charge in [-0.15, -0.1) is 11.3 Å². The molecular weight excluding hydrogens is 270 g/mol. The number of aromatic nitrogens is 2. The van der Waals surface area contributed by atoms with Crippen LogP contribution in [0.3, 0.4) is 0 Å². The molecule has 2 N–H and O–H groups in total. The highest BCUT2D eigenvalue weighted by Gasteiger charge is 2.24. The third-order valence-corrected chi connectivity index (χ3v) is 4.93. The molecule has 1 saturated carbocycles. The average molecular weight is 289 g/mol. The van der Waals surface area contributed by atoms with Gasteiger partial charge in [-0.1, -0.05) is 25.8 Å². The summed E-state index contributed by atoms with van der Waals surface area (Å²) in [6, 6.07) is 6.13. The first-order chi connectivity index (χ1) is 9.74. The number of hydrogen-bond donors (Lipinski definition) is 2. The lowest BCUT2D eigenvalue weighted by atomic mass is 9.86. The highest BCUT2D eigenvalue weighted by Crippen LogP contribution is 2.25. The van der Waals surface area contributed by atoms with Crippen molar-refractivity contribution in [2.24, 2.45) is 5.92 Å². The molecular formula is C15H19N3OS. The summed E-state index contributed by atoms with van der Waals surface area (Å²) in [7, 11) is 0. The van der Waals surface area contributed by atoms with Gasteiger partial charge in [0, 0.05) is 6.04 Å². The van der Waals surface area contributed by atoms with Crippen LogP contribution in [0.1, 0.15) is 43.1 Å². The molecule has 1 aliphatic carbocycles. The van der Waals surface area contributed by atoms with Crippen molar-refractivity contribution in [1.82, 2.24) is 15.5 Å². The Morgan fingerprint density at radius 2 is 2.30 bits per heavy atom. The van der Waals surface area contributed by atoms with E-state index in [2.05, 4.69) is 22.4 Å². The predicted octanol–water partition coefficient (Wildman–Crippen LogP) is 3.45. The van der Waals surface area contributed by atoms with Gasteiger partial charge in [-0.2, -0.15) is 5.10 Å². The van der Waals surface area contributed by atoms with Crippen LogP contribution in [0.25, 0.3) is 10.6 Å². The number of rotatable bonds is 3. The summed E-state index contributed by atoms with van der Waals surface area (Å²) >= 11 is 1.63. The van der Waals surface area contributed by atoms with Gasteiger partial charge in [0.25, 0.3) is 5.91 Å². The van der Waals surface area contributed by atoms with Crippen LogP contribution in [0.15, 0.2) is 23.6 Å². The Morgan fingerprint density at radius 1 is 1.45 bits per heavy atom. The fourth-order valence-corrected chi connectivity index (χ4v) is 3.46. The largest absolute Gasteiger partial charge is 0.348 e. The molecule has 1 fully saturated rings. The van der Waals surface area contributed by atoms with Gasteiger partial charge in [-0.3, -0.25) is 9.89 Å². The van der Waals surface area contributed by atoms with Gasteiger partial charge in [0.1, 0.15) is 0 Å². The zero-order valence-electron chi connectivity index (χ0n) is 11.6. The topological polar surface area (TPSA) is 57.8 Å². The first-order valence-electron chi connectivity index (χ1n) is 7.14. The SMILES string of the molecule is CC1CCCCC1NC(=O)c1cc(-c2cccs2)[nH]n1. The van der Waals surface area contributed by atoms with Crippen LogP contribution in [0.4, 0.5) is 0 Å². The fourth-order valence-electron chi connectivity index (χ4n) is 2.77. The zero-order valence-corrected chi connectivity index (χ0v) is 12.4. The van der Waals surface area contributed by atoms with Gasteiger partial charge in [0.15, 0.2) is 5.69 Å². The monoisotopic (exact) mass is 289 g/mol. The highest BCUT2D eigenvalue weighted by molar-refractivity contribution is 7.13. The van der Waals surface area contributed by atoms with Crippen molar-refractivity contribution < 1.29 is 4.79 Å². The minimum absolute atomic E-state index is 0.0668. The van der Waals surface area contributed by atoms with Gasteiger partial charge in [-0.05, 0) is 36.3 Å². The lowest BCUT2D eigenvalue weighted by Crippen LogP contribution is -2.41. The molecule has 2 unspecified atom stereocenters. The standard InChI is InChI=1S/C15H19N3OS/c1-10-5-2-3-6-11(10)16-15(19)13-9-12(17-18-13)14-7-4-8-20-14/h4,7-11H,2-3,5-6H2,1H3,(H,16,19)(H,17,18). The van der Waals surface area contributed by atoms with E-state index >= 15 is 0 Å². The first-order valence-corrected chi connectivity index (χ1v) is 8.02. The van der Waals surface area contributed by atoms with E-state index in [1.165, 1.54) is 19.3 Å². The highest BCUT2D eigenvalue weighted by atomic mass is 32.1. The van der Waals surface area contributed by atoms with E-state index in [4.69, 9.17) is 0 Å². The molecule has 0 spiro atoms. The number of hydrogen-bond acceptors (Lipinski definition) is 3. The Balaban J connectivity index is 1.68. The predicted molar refractivity (Wildman–Crippen MR) is 80.8 cm³/mol. The molecule has 2 atom stereocenters. The number of nitrogens with zero attached hydrogens (tertiary/aromatic N) is 1. The van der Waals surface area contributed by atoms with E-state index in [1.54, 1.807) is 11.3 Å². The summed E-state index contributed by atoms with van der Waals surface area (Å²) in [5.41, 5.74) is 1.38. The Bertz CT molecular complexity index is 576. The quantitative estimate of drug-likeness (QED) is 0.909. The molecule has 20 heavy (non-hydrogen) atoms. The van der Waals surface area contributed by atoms with Crippen LogP contribution in [0, 0.1) is 5.92 Å². The van der Waals surface area contributed by atoms with Crippen molar-refractivity contribution in [2.75, 3.05) is 0 Å². The Morgan fingerprint density at radius 3 is 3.05 bits per heavy atom.